The van der Waals surface area contributed by atoms with Crippen LogP contribution in [0.2, 0.25) is 0 Å². The molecule has 206 valence electrons. The summed E-state index contributed by atoms with van der Waals surface area (Å²) in [7, 11) is 0. The fourth-order valence-corrected chi connectivity index (χ4v) is 5.87. The van der Waals surface area contributed by atoms with Crippen LogP contribution in [0, 0.1) is 6.92 Å². The Kier molecular flexibility index (Phi) is 7.17. The van der Waals surface area contributed by atoms with E-state index in [1.54, 1.807) is 0 Å². The number of aryl methyl sites for hydroxylation is 1. The minimum absolute atomic E-state index is 1.06. The molecule has 0 aliphatic carbocycles. The lowest BCUT2D eigenvalue weighted by molar-refractivity contribution is 1.46. The fourth-order valence-electron chi connectivity index (χ4n) is 5.87. The van der Waals surface area contributed by atoms with Gasteiger partial charge in [0.15, 0.2) is 0 Å². The van der Waals surface area contributed by atoms with Crippen LogP contribution in [-0.4, -0.2) is 0 Å². The van der Waals surface area contributed by atoms with Gasteiger partial charge in [0.2, 0.25) is 0 Å². The van der Waals surface area contributed by atoms with Crippen LogP contribution < -0.4 is 10.6 Å². The van der Waals surface area contributed by atoms with Crippen molar-refractivity contribution in [1.29, 1.82) is 0 Å². The van der Waals surface area contributed by atoms with Crippen LogP contribution in [0.15, 0.2) is 164 Å². The Morgan fingerprint density at radius 2 is 1.02 bits per heavy atom. The maximum atomic E-state index is 3.75. The molecular weight excluding hydrogens is 520 g/mol. The lowest BCUT2D eigenvalue weighted by Gasteiger charge is -2.22. The number of hydrogen-bond donors (Lipinski definition) is 2. The number of benzene rings is 7. The molecule has 0 saturated heterocycles. The summed E-state index contributed by atoms with van der Waals surface area (Å²) in [6.45, 7) is 2.16. The molecule has 7 aromatic carbocycles. The third-order valence-electron chi connectivity index (χ3n) is 7.88. The molecule has 0 radical (unpaired) electrons. The topological polar surface area (TPSA) is 24.1 Å². The van der Waals surface area contributed by atoms with E-state index in [4.69, 9.17) is 0 Å². The normalized spacial score (nSPS) is 10.9. The maximum absolute atomic E-state index is 3.75. The minimum atomic E-state index is 1.06. The molecule has 0 bridgehead atoms. The van der Waals surface area contributed by atoms with Crippen molar-refractivity contribution in [2.45, 2.75) is 6.92 Å². The standard InChI is InChI=1S/C41H32N2/c1-29-12-10-15-32(28-29)40-39(43-34-18-6-3-7-19-34)27-26-37(41(40)38-21-11-14-30-13-8-9-20-36(30)38)31-22-24-35(25-23-31)42-33-16-4-2-5-17-33/h2-28,42-43H,1H3. The van der Waals surface area contributed by atoms with Crippen LogP contribution in [-0.2, 0) is 0 Å². The van der Waals surface area contributed by atoms with Crippen molar-refractivity contribution in [3.05, 3.63) is 169 Å². The van der Waals surface area contributed by atoms with Crippen molar-refractivity contribution < 1.29 is 0 Å². The van der Waals surface area contributed by atoms with Crippen LogP contribution in [0.5, 0.6) is 0 Å². The van der Waals surface area contributed by atoms with Crippen molar-refractivity contribution in [3.8, 4) is 33.4 Å². The Morgan fingerprint density at radius 1 is 0.395 bits per heavy atom. The van der Waals surface area contributed by atoms with Gasteiger partial charge in [-0.1, -0.05) is 127 Å². The smallest absolute Gasteiger partial charge is 0.0470 e. The Bertz CT molecular complexity index is 2010. The first-order chi connectivity index (χ1) is 21.2. The summed E-state index contributed by atoms with van der Waals surface area (Å²) in [6, 6.07) is 58.1. The van der Waals surface area contributed by atoms with Crippen LogP contribution in [0.25, 0.3) is 44.2 Å². The summed E-state index contributed by atoms with van der Waals surface area (Å²) in [4.78, 5) is 0. The largest absolute Gasteiger partial charge is 0.356 e. The van der Waals surface area contributed by atoms with Crippen LogP contribution in [0.4, 0.5) is 22.7 Å². The van der Waals surface area contributed by atoms with Gasteiger partial charge in [0, 0.05) is 33.9 Å². The van der Waals surface area contributed by atoms with Gasteiger partial charge >= 0.3 is 0 Å². The average molecular weight is 553 g/mol. The number of fused-ring (bicyclic) bond motifs is 1. The Morgan fingerprint density at radius 3 is 1.77 bits per heavy atom. The van der Waals surface area contributed by atoms with Crippen molar-refractivity contribution in [2.75, 3.05) is 10.6 Å². The summed E-state index contributed by atoms with van der Waals surface area (Å²) in [6.07, 6.45) is 0. The van der Waals surface area contributed by atoms with E-state index >= 15 is 0 Å². The van der Waals surface area contributed by atoms with Crippen LogP contribution in [0.3, 0.4) is 0 Å². The summed E-state index contributed by atoms with van der Waals surface area (Å²) in [5, 5.41) is 9.74. The zero-order chi connectivity index (χ0) is 29.0. The number of nitrogens with one attached hydrogen (secondary N) is 2. The third-order valence-corrected chi connectivity index (χ3v) is 7.88. The quantitative estimate of drug-likeness (QED) is 0.205. The molecule has 2 nitrogen and oxygen atoms in total. The fraction of sp³-hybridized carbons (Fsp3) is 0.0244. The SMILES string of the molecule is Cc1cccc(-c2c(Nc3ccccc3)ccc(-c3ccc(Nc4ccccc4)cc3)c2-c2cccc3ccccc23)c1. The molecule has 0 atom stereocenters. The van der Waals surface area contributed by atoms with Gasteiger partial charge < -0.3 is 10.6 Å². The van der Waals surface area contributed by atoms with Gasteiger partial charge in [-0.15, -0.1) is 0 Å². The van der Waals surface area contributed by atoms with E-state index in [1.807, 2.05) is 24.3 Å². The van der Waals surface area contributed by atoms with Crippen LogP contribution >= 0.6 is 0 Å². The molecule has 2 heteroatoms. The Hall–Kier alpha value is -5.60. The second kappa shape index (κ2) is 11.7. The maximum Gasteiger partial charge on any atom is 0.0470 e. The molecule has 0 aliphatic rings. The monoisotopic (exact) mass is 552 g/mol. The van der Waals surface area contributed by atoms with Gasteiger partial charge in [0.05, 0.1) is 0 Å². The number of para-hydroxylation sites is 2. The highest BCUT2D eigenvalue weighted by Crippen LogP contribution is 2.47. The zero-order valence-corrected chi connectivity index (χ0v) is 24.1. The lowest BCUT2D eigenvalue weighted by atomic mass is 9.84. The van der Waals surface area contributed by atoms with E-state index in [-0.39, 0.29) is 0 Å². The molecule has 0 unspecified atom stereocenters. The van der Waals surface area contributed by atoms with Crippen molar-refractivity contribution in [3.63, 3.8) is 0 Å². The second-order valence-corrected chi connectivity index (χ2v) is 10.9. The highest BCUT2D eigenvalue weighted by molar-refractivity contribution is 6.08. The molecule has 0 aliphatic heterocycles. The Labute approximate surface area is 253 Å². The van der Waals surface area contributed by atoms with Crippen LogP contribution in [0.1, 0.15) is 5.56 Å². The molecule has 0 amide bonds. The van der Waals surface area contributed by atoms with E-state index in [9.17, 15) is 0 Å². The second-order valence-electron chi connectivity index (χ2n) is 10.9. The summed E-state index contributed by atoms with van der Waals surface area (Å²) in [5.41, 5.74) is 12.7. The van der Waals surface area contributed by atoms with Gasteiger partial charge in [0.1, 0.15) is 0 Å². The predicted octanol–water partition coefficient (Wildman–Crippen LogP) is 11.6. The molecule has 43 heavy (non-hydrogen) atoms. The summed E-state index contributed by atoms with van der Waals surface area (Å²) in [5.74, 6) is 0. The molecule has 0 saturated carbocycles. The van der Waals surface area contributed by atoms with Gasteiger partial charge in [-0.25, -0.2) is 0 Å². The van der Waals surface area contributed by atoms with Crippen molar-refractivity contribution >= 4 is 33.5 Å². The minimum Gasteiger partial charge on any atom is -0.356 e. The van der Waals surface area contributed by atoms with E-state index in [1.165, 1.54) is 49.7 Å². The lowest BCUT2D eigenvalue weighted by Crippen LogP contribution is -1.99. The number of anilines is 4. The van der Waals surface area contributed by atoms with E-state index < -0.39 is 0 Å². The van der Waals surface area contributed by atoms with E-state index in [0.29, 0.717) is 0 Å². The summed E-state index contributed by atoms with van der Waals surface area (Å²) < 4.78 is 0. The molecule has 0 heterocycles. The first-order valence-electron chi connectivity index (χ1n) is 14.7. The predicted molar refractivity (Wildman–Crippen MR) is 184 cm³/mol. The van der Waals surface area contributed by atoms with E-state index in [2.05, 4.69) is 157 Å². The molecule has 2 N–H and O–H groups in total. The molecule has 0 fully saturated rings. The molecule has 0 spiro atoms. The van der Waals surface area contributed by atoms with Gasteiger partial charge in [-0.05, 0) is 82.4 Å². The molecular formula is C41H32N2. The third kappa shape index (κ3) is 5.51. The van der Waals surface area contributed by atoms with E-state index in [0.717, 1.165) is 22.7 Å². The van der Waals surface area contributed by atoms with Gasteiger partial charge in [0.25, 0.3) is 0 Å². The Balaban J connectivity index is 1.47. The number of rotatable bonds is 7. The van der Waals surface area contributed by atoms with Gasteiger partial charge in [-0.3, -0.25) is 0 Å². The van der Waals surface area contributed by atoms with Crippen molar-refractivity contribution in [2.24, 2.45) is 0 Å². The summed E-state index contributed by atoms with van der Waals surface area (Å²) >= 11 is 0. The highest BCUT2D eigenvalue weighted by Gasteiger charge is 2.20. The zero-order valence-electron chi connectivity index (χ0n) is 24.1. The average Bonchev–Trinajstić information content (AvgIpc) is 3.06. The first-order valence-corrected chi connectivity index (χ1v) is 14.7. The van der Waals surface area contributed by atoms with Crippen molar-refractivity contribution in [1.82, 2.24) is 0 Å². The molecule has 7 aromatic rings. The molecule has 0 aromatic heterocycles. The van der Waals surface area contributed by atoms with Gasteiger partial charge in [-0.2, -0.15) is 0 Å². The molecule has 7 rings (SSSR count). The first kappa shape index (κ1) is 26.3. The highest BCUT2D eigenvalue weighted by atomic mass is 14.9. The number of hydrogen-bond acceptors (Lipinski definition) is 2.